The second kappa shape index (κ2) is 4.72. The highest BCUT2D eigenvalue weighted by Crippen LogP contribution is 2.08. The lowest BCUT2D eigenvalue weighted by atomic mass is 10.3. The van der Waals surface area contributed by atoms with Crippen LogP contribution in [0.5, 0.6) is 0 Å². The Morgan fingerprint density at radius 3 is 2.64 bits per heavy atom. The quantitative estimate of drug-likeness (QED) is 0.481. The number of nitrogens with two attached hydrogens (primary N) is 1. The number of anilines is 2. The lowest BCUT2D eigenvalue weighted by Gasteiger charge is -2.06. The number of rotatable bonds is 3. The average molecular weight is 190 g/mol. The fourth-order valence-electron chi connectivity index (χ4n) is 0.824. The molecule has 1 amide bonds. The molecule has 0 bridgehead atoms. The molecule has 1 aromatic carbocycles. The Labute approximate surface area is 81.5 Å². The Morgan fingerprint density at radius 1 is 1.43 bits per heavy atom. The number of hydrogen-bond donors (Lipinski definition) is 3. The van der Waals surface area contributed by atoms with Crippen LogP contribution >= 0.6 is 0 Å². The Kier molecular flexibility index (Phi) is 3.33. The van der Waals surface area contributed by atoms with Crippen molar-refractivity contribution in [2.75, 3.05) is 11.2 Å². The molecule has 0 saturated heterocycles. The van der Waals surface area contributed by atoms with E-state index in [-0.39, 0.29) is 12.3 Å². The molecule has 0 saturated carbocycles. The SMILES string of the molecule is N#CCC(=O)NNc1ccc(N)cc1. The van der Waals surface area contributed by atoms with Crippen LogP contribution in [0.3, 0.4) is 0 Å². The minimum Gasteiger partial charge on any atom is -0.399 e. The van der Waals surface area contributed by atoms with Gasteiger partial charge in [0.05, 0.1) is 11.8 Å². The molecular weight excluding hydrogens is 180 g/mol. The normalized spacial score (nSPS) is 8.79. The van der Waals surface area contributed by atoms with Crippen LogP contribution in [0.25, 0.3) is 0 Å². The maximum Gasteiger partial charge on any atom is 0.252 e. The van der Waals surface area contributed by atoms with Gasteiger partial charge in [0.15, 0.2) is 0 Å². The van der Waals surface area contributed by atoms with Crippen LogP contribution in [0, 0.1) is 11.3 Å². The predicted octanol–water partition coefficient (Wildman–Crippen LogP) is 0.626. The number of carbonyl (C=O) groups excluding carboxylic acids is 1. The second-order valence-electron chi connectivity index (χ2n) is 2.63. The molecule has 0 aliphatic carbocycles. The molecule has 5 nitrogen and oxygen atoms in total. The first-order valence-corrected chi connectivity index (χ1v) is 3.99. The summed E-state index contributed by atoms with van der Waals surface area (Å²) in [6.07, 6.45) is -0.165. The van der Waals surface area contributed by atoms with Crippen molar-refractivity contribution in [1.82, 2.24) is 5.43 Å². The number of nitrogens with zero attached hydrogens (tertiary/aromatic N) is 1. The van der Waals surface area contributed by atoms with Gasteiger partial charge >= 0.3 is 0 Å². The van der Waals surface area contributed by atoms with Gasteiger partial charge in [0.2, 0.25) is 0 Å². The Morgan fingerprint density at radius 2 is 2.07 bits per heavy atom. The van der Waals surface area contributed by atoms with Crippen molar-refractivity contribution in [1.29, 1.82) is 5.26 Å². The third kappa shape index (κ3) is 3.03. The van der Waals surface area contributed by atoms with Gasteiger partial charge in [-0.25, -0.2) is 0 Å². The van der Waals surface area contributed by atoms with Gasteiger partial charge in [-0.3, -0.25) is 15.6 Å². The van der Waals surface area contributed by atoms with Crippen LogP contribution in [0.4, 0.5) is 11.4 Å². The van der Waals surface area contributed by atoms with E-state index in [1.165, 1.54) is 0 Å². The second-order valence-corrected chi connectivity index (χ2v) is 2.63. The summed E-state index contributed by atoms with van der Waals surface area (Å²) in [7, 11) is 0. The van der Waals surface area contributed by atoms with Crippen molar-refractivity contribution in [3.8, 4) is 6.07 Å². The molecule has 0 spiro atoms. The number of benzene rings is 1. The molecule has 4 N–H and O–H groups in total. The summed E-state index contributed by atoms with van der Waals surface area (Å²) in [5, 5.41) is 8.22. The number of carbonyl (C=O) groups is 1. The van der Waals surface area contributed by atoms with E-state index in [2.05, 4.69) is 10.9 Å². The van der Waals surface area contributed by atoms with E-state index in [1.54, 1.807) is 30.3 Å². The van der Waals surface area contributed by atoms with Gasteiger partial charge in [-0.15, -0.1) is 0 Å². The van der Waals surface area contributed by atoms with Gasteiger partial charge in [-0.1, -0.05) is 0 Å². The molecular formula is C9H10N4O. The fraction of sp³-hybridized carbons (Fsp3) is 0.111. The van der Waals surface area contributed by atoms with Crippen LogP contribution in [0.1, 0.15) is 6.42 Å². The van der Waals surface area contributed by atoms with Crippen LogP contribution in [-0.4, -0.2) is 5.91 Å². The van der Waals surface area contributed by atoms with Gasteiger partial charge in [0, 0.05) is 5.69 Å². The Bertz CT molecular complexity index is 352. The molecule has 72 valence electrons. The van der Waals surface area contributed by atoms with Gasteiger partial charge in [-0.2, -0.15) is 5.26 Å². The number of nitrogens with one attached hydrogen (secondary N) is 2. The zero-order valence-corrected chi connectivity index (χ0v) is 7.45. The molecule has 0 radical (unpaired) electrons. The summed E-state index contributed by atoms with van der Waals surface area (Å²) in [5.41, 5.74) is 11.9. The van der Waals surface area contributed by atoms with E-state index in [9.17, 15) is 4.79 Å². The maximum absolute atomic E-state index is 10.9. The van der Waals surface area contributed by atoms with Crippen molar-refractivity contribution in [3.05, 3.63) is 24.3 Å². The summed E-state index contributed by atoms with van der Waals surface area (Å²) >= 11 is 0. The van der Waals surface area contributed by atoms with Gasteiger partial charge < -0.3 is 5.73 Å². The maximum atomic E-state index is 10.9. The van der Waals surface area contributed by atoms with E-state index >= 15 is 0 Å². The summed E-state index contributed by atoms with van der Waals surface area (Å²) in [5.74, 6) is -0.371. The standard InChI is InChI=1S/C9H10N4O/c10-6-5-9(14)13-12-8-3-1-7(11)2-4-8/h1-4,12H,5,11H2,(H,13,14). The molecule has 0 atom stereocenters. The first-order chi connectivity index (χ1) is 6.72. The van der Waals surface area contributed by atoms with Gasteiger partial charge in [0.25, 0.3) is 5.91 Å². The average Bonchev–Trinajstić information content (AvgIpc) is 2.17. The Hall–Kier alpha value is -2.22. The highest BCUT2D eigenvalue weighted by atomic mass is 16.2. The first kappa shape index (κ1) is 9.86. The number of nitriles is 1. The van der Waals surface area contributed by atoms with Crippen molar-refractivity contribution < 1.29 is 4.79 Å². The summed E-state index contributed by atoms with van der Waals surface area (Å²) < 4.78 is 0. The van der Waals surface area contributed by atoms with E-state index < -0.39 is 0 Å². The van der Waals surface area contributed by atoms with E-state index in [0.29, 0.717) is 11.4 Å². The third-order valence-electron chi connectivity index (χ3n) is 1.50. The number of hydrogen-bond acceptors (Lipinski definition) is 4. The molecule has 1 rings (SSSR count). The van der Waals surface area contributed by atoms with Crippen LogP contribution in [-0.2, 0) is 4.79 Å². The zero-order chi connectivity index (χ0) is 10.4. The molecule has 0 unspecified atom stereocenters. The van der Waals surface area contributed by atoms with Crippen molar-refractivity contribution in [2.24, 2.45) is 0 Å². The largest absolute Gasteiger partial charge is 0.399 e. The molecule has 0 heterocycles. The molecule has 0 aliphatic rings. The number of amides is 1. The zero-order valence-electron chi connectivity index (χ0n) is 7.45. The first-order valence-electron chi connectivity index (χ1n) is 3.99. The number of hydrazine groups is 1. The molecule has 0 fully saturated rings. The summed E-state index contributed by atoms with van der Waals surface area (Å²) in [4.78, 5) is 10.9. The molecule has 14 heavy (non-hydrogen) atoms. The number of nitrogen functional groups attached to an aromatic ring is 1. The smallest absolute Gasteiger partial charge is 0.252 e. The van der Waals surface area contributed by atoms with Crippen LogP contribution in [0.2, 0.25) is 0 Å². The highest BCUT2D eigenvalue weighted by Gasteiger charge is 1.97. The highest BCUT2D eigenvalue weighted by molar-refractivity contribution is 5.79. The molecule has 1 aromatic rings. The topological polar surface area (TPSA) is 90.9 Å². The van der Waals surface area contributed by atoms with Gasteiger partial charge in [-0.05, 0) is 24.3 Å². The van der Waals surface area contributed by atoms with Crippen LogP contribution < -0.4 is 16.6 Å². The van der Waals surface area contributed by atoms with Crippen molar-refractivity contribution in [3.63, 3.8) is 0 Å². The predicted molar refractivity (Wildman–Crippen MR) is 52.8 cm³/mol. The molecule has 0 aromatic heterocycles. The van der Waals surface area contributed by atoms with E-state index in [1.807, 2.05) is 0 Å². The van der Waals surface area contributed by atoms with E-state index in [0.717, 1.165) is 0 Å². The van der Waals surface area contributed by atoms with Gasteiger partial charge in [0.1, 0.15) is 6.42 Å². The monoisotopic (exact) mass is 190 g/mol. The van der Waals surface area contributed by atoms with Crippen molar-refractivity contribution in [2.45, 2.75) is 6.42 Å². The summed E-state index contributed by atoms with van der Waals surface area (Å²) in [6.45, 7) is 0. The van der Waals surface area contributed by atoms with E-state index in [4.69, 9.17) is 11.0 Å². The fourth-order valence-corrected chi connectivity index (χ4v) is 0.824. The minimum atomic E-state index is -0.371. The van der Waals surface area contributed by atoms with Crippen molar-refractivity contribution >= 4 is 17.3 Å². The lowest BCUT2D eigenvalue weighted by molar-refractivity contribution is -0.119. The third-order valence-corrected chi connectivity index (χ3v) is 1.50. The Balaban J connectivity index is 2.43. The van der Waals surface area contributed by atoms with Crippen LogP contribution in [0.15, 0.2) is 24.3 Å². The minimum absolute atomic E-state index is 0.165. The molecule has 5 heteroatoms. The summed E-state index contributed by atoms with van der Waals surface area (Å²) in [6, 6.07) is 8.60. The molecule has 0 aliphatic heterocycles. The lowest BCUT2D eigenvalue weighted by Crippen LogP contribution is -2.28.